The van der Waals surface area contributed by atoms with E-state index in [1.54, 1.807) is 32.4 Å². The Morgan fingerprint density at radius 1 is 1.09 bits per heavy atom. The van der Waals surface area contributed by atoms with Crippen LogP contribution >= 0.6 is 0 Å². The van der Waals surface area contributed by atoms with Gasteiger partial charge in [-0.25, -0.2) is 9.97 Å². The third-order valence-corrected chi connectivity index (χ3v) is 6.20. The monoisotopic (exact) mass is 438 g/mol. The van der Waals surface area contributed by atoms with Gasteiger partial charge in [0.15, 0.2) is 0 Å². The third kappa shape index (κ3) is 4.69. The minimum absolute atomic E-state index is 0.0277. The lowest BCUT2D eigenvalue weighted by molar-refractivity contribution is -0.120. The van der Waals surface area contributed by atoms with E-state index in [1.807, 2.05) is 18.7 Å². The fourth-order valence-electron chi connectivity index (χ4n) is 4.18. The standard InChI is InChI=1S/C24H30N4O4/c1-14-19(12-22(29)27-17-5-6-17)15(2)26-23(25-14)16-9-10-28(13-16)24(30)20-11-18(31-3)7-8-21(20)32-4/h7-8,11,16-17H,5-6,9-10,12-13H2,1-4H3,(H,27,29)/t16-/m1/s1. The van der Waals surface area contributed by atoms with E-state index in [0.717, 1.165) is 42.0 Å². The van der Waals surface area contributed by atoms with Crippen molar-refractivity contribution in [2.45, 2.75) is 51.5 Å². The molecule has 1 aromatic carbocycles. The van der Waals surface area contributed by atoms with Gasteiger partial charge in [0.2, 0.25) is 5.91 Å². The topological polar surface area (TPSA) is 93.7 Å². The first-order valence-corrected chi connectivity index (χ1v) is 11.0. The molecule has 1 aliphatic heterocycles. The number of likely N-dealkylation sites (tertiary alicyclic amines) is 1. The summed E-state index contributed by atoms with van der Waals surface area (Å²) in [7, 11) is 3.13. The Bertz CT molecular complexity index is 1010. The van der Waals surface area contributed by atoms with Gasteiger partial charge in [-0.05, 0) is 51.3 Å². The molecule has 2 fully saturated rings. The van der Waals surface area contributed by atoms with Crippen molar-refractivity contribution >= 4 is 11.8 Å². The molecule has 1 aliphatic carbocycles. The Labute approximate surface area is 188 Å². The van der Waals surface area contributed by atoms with Gasteiger partial charge in [0.25, 0.3) is 5.91 Å². The van der Waals surface area contributed by atoms with Crippen LogP contribution in [0.15, 0.2) is 18.2 Å². The molecule has 4 rings (SSSR count). The van der Waals surface area contributed by atoms with Gasteiger partial charge in [0.05, 0.1) is 26.2 Å². The first kappa shape index (κ1) is 22.0. The number of carbonyl (C=O) groups excluding carboxylic acids is 2. The average molecular weight is 439 g/mol. The van der Waals surface area contributed by atoms with Crippen LogP contribution in [0.3, 0.4) is 0 Å². The number of hydrogen-bond acceptors (Lipinski definition) is 6. The summed E-state index contributed by atoms with van der Waals surface area (Å²) >= 11 is 0. The number of aromatic nitrogens is 2. The molecule has 0 spiro atoms. The largest absolute Gasteiger partial charge is 0.497 e. The molecule has 2 heterocycles. The summed E-state index contributed by atoms with van der Waals surface area (Å²) in [5, 5.41) is 3.02. The molecule has 170 valence electrons. The van der Waals surface area contributed by atoms with Gasteiger partial charge in [0, 0.05) is 42.0 Å². The predicted molar refractivity (Wildman–Crippen MR) is 119 cm³/mol. The summed E-state index contributed by atoms with van der Waals surface area (Å²) in [4.78, 5) is 36.7. The minimum atomic E-state index is -0.0925. The minimum Gasteiger partial charge on any atom is -0.497 e. The number of nitrogens with zero attached hydrogens (tertiary/aromatic N) is 3. The Hall–Kier alpha value is -3.16. The first-order valence-electron chi connectivity index (χ1n) is 11.0. The predicted octanol–water partition coefficient (Wildman–Crippen LogP) is 2.56. The molecule has 0 bridgehead atoms. The molecule has 1 saturated heterocycles. The Kier molecular flexibility index (Phi) is 6.30. The van der Waals surface area contributed by atoms with Gasteiger partial charge >= 0.3 is 0 Å². The third-order valence-electron chi connectivity index (χ3n) is 6.20. The van der Waals surface area contributed by atoms with Crippen LogP contribution in [0.2, 0.25) is 0 Å². The van der Waals surface area contributed by atoms with Crippen LogP contribution in [-0.2, 0) is 11.2 Å². The maximum Gasteiger partial charge on any atom is 0.257 e. The second-order valence-electron chi connectivity index (χ2n) is 8.55. The van der Waals surface area contributed by atoms with E-state index >= 15 is 0 Å². The highest BCUT2D eigenvalue weighted by molar-refractivity contribution is 5.97. The summed E-state index contributed by atoms with van der Waals surface area (Å²) in [6.45, 7) is 5.02. The quantitative estimate of drug-likeness (QED) is 0.714. The van der Waals surface area contributed by atoms with E-state index in [1.165, 1.54) is 0 Å². The lowest BCUT2D eigenvalue weighted by atomic mass is 10.0. The summed E-state index contributed by atoms with van der Waals surface area (Å²) in [5.74, 6) is 1.86. The van der Waals surface area contributed by atoms with Gasteiger partial charge in [-0.3, -0.25) is 9.59 Å². The van der Waals surface area contributed by atoms with Gasteiger partial charge < -0.3 is 19.7 Å². The summed E-state index contributed by atoms with van der Waals surface area (Å²) in [5.41, 5.74) is 3.03. The van der Waals surface area contributed by atoms with Crippen LogP contribution in [0.1, 0.15) is 58.3 Å². The van der Waals surface area contributed by atoms with E-state index in [9.17, 15) is 9.59 Å². The average Bonchev–Trinajstić information content (AvgIpc) is 3.45. The van der Waals surface area contributed by atoms with Crippen molar-refractivity contribution in [3.8, 4) is 11.5 Å². The number of nitrogens with one attached hydrogen (secondary N) is 1. The number of carbonyl (C=O) groups is 2. The molecule has 1 aromatic heterocycles. The Morgan fingerprint density at radius 2 is 1.81 bits per heavy atom. The molecule has 32 heavy (non-hydrogen) atoms. The Morgan fingerprint density at radius 3 is 2.44 bits per heavy atom. The summed E-state index contributed by atoms with van der Waals surface area (Å²) in [6, 6.07) is 5.57. The molecule has 1 atom stereocenters. The lowest BCUT2D eigenvalue weighted by Gasteiger charge is -2.19. The normalized spacial score (nSPS) is 17.9. The molecular weight excluding hydrogens is 408 g/mol. The first-order chi connectivity index (χ1) is 15.4. The van der Waals surface area contributed by atoms with Crippen LogP contribution in [0, 0.1) is 13.8 Å². The highest BCUT2D eigenvalue weighted by Gasteiger charge is 2.32. The van der Waals surface area contributed by atoms with E-state index in [2.05, 4.69) is 5.32 Å². The van der Waals surface area contributed by atoms with Crippen LogP contribution < -0.4 is 14.8 Å². The van der Waals surface area contributed by atoms with Crippen LogP contribution in [0.4, 0.5) is 0 Å². The van der Waals surface area contributed by atoms with Gasteiger partial charge in [-0.15, -0.1) is 0 Å². The number of benzene rings is 1. The van der Waals surface area contributed by atoms with Crippen molar-refractivity contribution < 1.29 is 19.1 Å². The number of methoxy groups -OCH3 is 2. The molecule has 1 saturated carbocycles. The maximum atomic E-state index is 13.2. The highest BCUT2D eigenvalue weighted by atomic mass is 16.5. The number of hydrogen-bond donors (Lipinski definition) is 1. The maximum absolute atomic E-state index is 13.2. The van der Waals surface area contributed by atoms with Crippen LogP contribution in [0.25, 0.3) is 0 Å². The fraction of sp³-hybridized carbons (Fsp3) is 0.500. The summed E-state index contributed by atoms with van der Waals surface area (Å²) in [6.07, 6.45) is 3.23. The zero-order valence-electron chi connectivity index (χ0n) is 19.1. The van der Waals surface area contributed by atoms with E-state index in [4.69, 9.17) is 19.4 Å². The molecule has 2 amide bonds. The van der Waals surface area contributed by atoms with Crippen molar-refractivity contribution in [1.29, 1.82) is 0 Å². The molecule has 8 heteroatoms. The van der Waals surface area contributed by atoms with Crippen molar-refractivity contribution in [3.63, 3.8) is 0 Å². The molecule has 8 nitrogen and oxygen atoms in total. The van der Waals surface area contributed by atoms with Gasteiger partial charge in [-0.1, -0.05) is 0 Å². The summed E-state index contributed by atoms with van der Waals surface area (Å²) < 4.78 is 10.7. The SMILES string of the molecule is COc1ccc(OC)c(C(=O)N2CC[C@@H](c3nc(C)c(CC(=O)NC4CC4)c(C)n3)C2)c1. The van der Waals surface area contributed by atoms with Gasteiger partial charge in [0.1, 0.15) is 17.3 Å². The molecule has 2 aliphatic rings. The van der Waals surface area contributed by atoms with E-state index in [0.29, 0.717) is 42.6 Å². The van der Waals surface area contributed by atoms with Gasteiger partial charge in [-0.2, -0.15) is 0 Å². The number of ether oxygens (including phenoxy) is 2. The smallest absolute Gasteiger partial charge is 0.257 e. The molecule has 1 N–H and O–H groups in total. The van der Waals surface area contributed by atoms with Crippen LogP contribution in [0.5, 0.6) is 11.5 Å². The van der Waals surface area contributed by atoms with Crippen molar-refractivity contribution in [1.82, 2.24) is 20.2 Å². The lowest BCUT2D eigenvalue weighted by Crippen LogP contribution is -2.29. The number of aryl methyl sites for hydroxylation is 2. The number of amides is 2. The van der Waals surface area contributed by atoms with Crippen LogP contribution in [-0.4, -0.2) is 60.0 Å². The Balaban J connectivity index is 1.47. The zero-order valence-corrected chi connectivity index (χ0v) is 19.1. The zero-order chi connectivity index (χ0) is 22.8. The highest BCUT2D eigenvalue weighted by Crippen LogP contribution is 2.31. The van der Waals surface area contributed by atoms with Crippen molar-refractivity contribution in [2.75, 3.05) is 27.3 Å². The molecule has 0 unspecified atom stereocenters. The second-order valence-corrected chi connectivity index (χ2v) is 8.55. The fourth-order valence-corrected chi connectivity index (χ4v) is 4.18. The van der Waals surface area contributed by atoms with Crippen molar-refractivity contribution in [3.05, 3.63) is 46.5 Å². The molecular formula is C24H30N4O4. The molecule has 0 radical (unpaired) electrons. The van der Waals surface area contributed by atoms with E-state index < -0.39 is 0 Å². The van der Waals surface area contributed by atoms with E-state index in [-0.39, 0.29) is 17.7 Å². The van der Waals surface area contributed by atoms with Crippen molar-refractivity contribution in [2.24, 2.45) is 0 Å². The molecule has 2 aromatic rings. The second kappa shape index (κ2) is 9.14. The number of rotatable bonds is 7.